The molecule has 54 valence electrons. The Morgan fingerprint density at radius 1 is 1.44 bits per heavy atom. The first-order chi connectivity index (χ1) is 3.96. The van der Waals surface area contributed by atoms with E-state index in [1.807, 2.05) is 6.92 Å². The van der Waals surface area contributed by atoms with Crippen molar-refractivity contribution in [2.24, 2.45) is 0 Å². The SMILES string of the molecule is C[C@]1(F)CNC[C@]1(C)Br. The van der Waals surface area contributed by atoms with E-state index in [9.17, 15) is 4.39 Å². The maximum absolute atomic E-state index is 13.3. The van der Waals surface area contributed by atoms with Crippen LogP contribution in [0, 0.1) is 0 Å². The van der Waals surface area contributed by atoms with Gasteiger partial charge in [0.2, 0.25) is 0 Å². The first-order valence-corrected chi connectivity index (χ1v) is 3.84. The molecule has 0 aromatic carbocycles. The highest BCUT2D eigenvalue weighted by molar-refractivity contribution is 9.10. The van der Waals surface area contributed by atoms with E-state index < -0.39 is 5.67 Å². The zero-order valence-corrected chi connectivity index (χ0v) is 7.26. The zero-order chi connectivity index (χ0) is 7.12. The van der Waals surface area contributed by atoms with Crippen molar-refractivity contribution in [1.82, 2.24) is 5.32 Å². The molecule has 0 unspecified atom stereocenters. The number of hydrogen-bond donors (Lipinski definition) is 1. The minimum Gasteiger partial charge on any atom is -0.312 e. The van der Waals surface area contributed by atoms with Gasteiger partial charge < -0.3 is 5.32 Å². The second-order valence-electron chi connectivity index (χ2n) is 3.00. The van der Waals surface area contributed by atoms with Crippen molar-refractivity contribution in [2.75, 3.05) is 13.1 Å². The summed E-state index contributed by atoms with van der Waals surface area (Å²) in [5, 5.41) is 2.98. The van der Waals surface area contributed by atoms with Crippen molar-refractivity contribution in [3.63, 3.8) is 0 Å². The van der Waals surface area contributed by atoms with Crippen molar-refractivity contribution in [2.45, 2.75) is 23.8 Å². The average Bonchev–Trinajstić information content (AvgIpc) is 1.81. The predicted octanol–water partition coefficient (Wildman–Crippen LogP) is 1.47. The number of nitrogens with one attached hydrogen (secondary N) is 1. The quantitative estimate of drug-likeness (QED) is 0.578. The summed E-state index contributed by atoms with van der Waals surface area (Å²) in [4.78, 5) is 0. The van der Waals surface area contributed by atoms with Crippen LogP contribution < -0.4 is 5.32 Å². The fourth-order valence-corrected chi connectivity index (χ4v) is 1.24. The molecule has 0 bridgehead atoms. The van der Waals surface area contributed by atoms with Gasteiger partial charge in [0.1, 0.15) is 5.67 Å². The van der Waals surface area contributed by atoms with Crippen molar-refractivity contribution in [3.05, 3.63) is 0 Å². The third-order valence-electron chi connectivity index (χ3n) is 2.00. The Morgan fingerprint density at radius 2 is 2.00 bits per heavy atom. The Morgan fingerprint density at radius 3 is 2.11 bits per heavy atom. The van der Waals surface area contributed by atoms with Crippen LogP contribution in [0.5, 0.6) is 0 Å². The maximum atomic E-state index is 13.3. The normalized spacial score (nSPS) is 52.0. The summed E-state index contributed by atoms with van der Waals surface area (Å²) >= 11 is 3.33. The third kappa shape index (κ3) is 1.13. The molecule has 0 aromatic heterocycles. The first-order valence-electron chi connectivity index (χ1n) is 3.04. The standard InChI is InChI=1S/C6H11BrFN/c1-5(7)3-9-4-6(5,2)8/h9H,3-4H2,1-2H3/t5-,6-/m0/s1. The summed E-state index contributed by atoms with van der Waals surface area (Å²) in [5.41, 5.74) is -1.10. The van der Waals surface area contributed by atoms with Crippen LogP contribution in [-0.2, 0) is 0 Å². The Kier molecular flexibility index (Phi) is 1.60. The number of rotatable bonds is 0. The summed E-state index contributed by atoms with van der Waals surface area (Å²) in [6.07, 6.45) is 0. The Balaban J connectivity index is 2.75. The fourth-order valence-electron chi connectivity index (χ4n) is 0.901. The fraction of sp³-hybridized carbons (Fsp3) is 1.00. The van der Waals surface area contributed by atoms with E-state index in [0.29, 0.717) is 13.1 Å². The molecular formula is C6H11BrFN. The summed E-state index contributed by atoms with van der Waals surface area (Å²) < 4.78 is 12.9. The van der Waals surface area contributed by atoms with Crippen LogP contribution in [0.1, 0.15) is 13.8 Å². The molecule has 1 aliphatic rings. The average molecular weight is 196 g/mol. The van der Waals surface area contributed by atoms with Gasteiger partial charge in [-0.2, -0.15) is 0 Å². The van der Waals surface area contributed by atoms with Gasteiger partial charge in [0, 0.05) is 13.1 Å². The summed E-state index contributed by atoms with van der Waals surface area (Å²) in [6.45, 7) is 4.64. The molecule has 1 fully saturated rings. The van der Waals surface area contributed by atoms with Crippen molar-refractivity contribution < 1.29 is 4.39 Å². The van der Waals surface area contributed by atoms with Crippen molar-refractivity contribution in [1.29, 1.82) is 0 Å². The minimum atomic E-state index is -1.10. The van der Waals surface area contributed by atoms with Gasteiger partial charge in [0.25, 0.3) is 0 Å². The molecule has 1 N–H and O–H groups in total. The molecule has 1 nitrogen and oxygen atoms in total. The highest BCUT2D eigenvalue weighted by atomic mass is 79.9. The van der Waals surface area contributed by atoms with Gasteiger partial charge in [-0.15, -0.1) is 0 Å². The van der Waals surface area contributed by atoms with E-state index in [1.54, 1.807) is 6.92 Å². The second-order valence-corrected chi connectivity index (χ2v) is 4.75. The first kappa shape index (κ1) is 7.48. The number of hydrogen-bond acceptors (Lipinski definition) is 1. The Hall–Kier alpha value is 0.370. The van der Waals surface area contributed by atoms with Crippen LogP contribution in [0.4, 0.5) is 4.39 Å². The number of halogens is 2. The minimum absolute atomic E-state index is 0.375. The Bertz CT molecular complexity index is 108. The molecule has 9 heavy (non-hydrogen) atoms. The smallest absolute Gasteiger partial charge is 0.136 e. The number of alkyl halides is 2. The molecule has 0 spiro atoms. The van der Waals surface area contributed by atoms with Crippen LogP contribution in [-0.4, -0.2) is 23.1 Å². The lowest BCUT2D eigenvalue weighted by atomic mass is 9.97. The van der Waals surface area contributed by atoms with Crippen LogP contribution >= 0.6 is 15.9 Å². The van der Waals surface area contributed by atoms with Gasteiger partial charge >= 0.3 is 0 Å². The van der Waals surface area contributed by atoms with E-state index >= 15 is 0 Å². The summed E-state index contributed by atoms with van der Waals surface area (Å²) in [7, 11) is 0. The van der Waals surface area contributed by atoms with E-state index in [0.717, 1.165) is 0 Å². The molecular weight excluding hydrogens is 185 g/mol. The lowest BCUT2D eigenvalue weighted by molar-refractivity contribution is 0.187. The molecule has 1 rings (SSSR count). The molecule has 2 atom stereocenters. The van der Waals surface area contributed by atoms with Gasteiger partial charge in [-0.25, -0.2) is 4.39 Å². The molecule has 3 heteroatoms. The lowest BCUT2D eigenvalue weighted by Gasteiger charge is -2.26. The van der Waals surface area contributed by atoms with Crippen LogP contribution in [0.2, 0.25) is 0 Å². The van der Waals surface area contributed by atoms with Crippen LogP contribution in [0.3, 0.4) is 0 Å². The largest absolute Gasteiger partial charge is 0.312 e. The van der Waals surface area contributed by atoms with Gasteiger partial charge in [-0.3, -0.25) is 0 Å². The second kappa shape index (κ2) is 1.92. The molecule has 0 aliphatic carbocycles. The molecule has 1 aliphatic heterocycles. The molecule has 0 saturated carbocycles. The topological polar surface area (TPSA) is 12.0 Å². The predicted molar refractivity (Wildman–Crippen MR) is 39.7 cm³/mol. The highest BCUT2D eigenvalue weighted by Gasteiger charge is 2.47. The Labute approximate surface area is 63.1 Å². The van der Waals surface area contributed by atoms with Gasteiger partial charge in [0.15, 0.2) is 0 Å². The van der Waals surface area contributed by atoms with E-state index in [2.05, 4.69) is 21.2 Å². The van der Waals surface area contributed by atoms with Gasteiger partial charge in [-0.1, -0.05) is 15.9 Å². The van der Waals surface area contributed by atoms with Gasteiger partial charge in [-0.05, 0) is 13.8 Å². The molecule has 1 heterocycles. The zero-order valence-electron chi connectivity index (χ0n) is 5.67. The van der Waals surface area contributed by atoms with E-state index in [1.165, 1.54) is 0 Å². The van der Waals surface area contributed by atoms with Crippen molar-refractivity contribution >= 4 is 15.9 Å². The summed E-state index contributed by atoms with van der Waals surface area (Å²) in [5.74, 6) is 0. The van der Waals surface area contributed by atoms with E-state index in [-0.39, 0.29) is 4.32 Å². The van der Waals surface area contributed by atoms with Crippen LogP contribution in [0.15, 0.2) is 0 Å². The summed E-state index contributed by atoms with van der Waals surface area (Å²) in [6, 6.07) is 0. The van der Waals surface area contributed by atoms with Gasteiger partial charge in [0.05, 0.1) is 4.32 Å². The monoisotopic (exact) mass is 195 g/mol. The third-order valence-corrected chi connectivity index (χ3v) is 3.11. The van der Waals surface area contributed by atoms with Crippen molar-refractivity contribution in [3.8, 4) is 0 Å². The molecule has 0 radical (unpaired) electrons. The van der Waals surface area contributed by atoms with E-state index in [4.69, 9.17) is 0 Å². The molecule has 0 amide bonds. The molecule has 1 saturated heterocycles. The highest BCUT2D eigenvalue weighted by Crippen LogP contribution is 2.36. The maximum Gasteiger partial charge on any atom is 0.136 e. The van der Waals surface area contributed by atoms with Crippen LogP contribution in [0.25, 0.3) is 0 Å². The lowest BCUT2D eigenvalue weighted by Crippen LogP contribution is -2.39. The molecule has 0 aromatic rings.